The van der Waals surface area contributed by atoms with Crippen LogP contribution in [-0.4, -0.2) is 24.1 Å². The molecule has 1 saturated heterocycles. The Bertz CT molecular complexity index is 63.0. The van der Waals surface area contributed by atoms with Gasteiger partial charge in [0, 0.05) is 17.8 Å². The quantitative estimate of drug-likeness (QED) is 0.543. The maximum atomic E-state index is 3.23. The first kappa shape index (κ1) is 5.45. The van der Waals surface area contributed by atoms with E-state index in [0.717, 1.165) is 0 Å². The molecule has 1 N–H and O–H groups in total. The van der Waals surface area contributed by atoms with Crippen LogP contribution in [0.25, 0.3) is 0 Å². The van der Waals surface area contributed by atoms with Crippen LogP contribution in [0.5, 0.6) is 0 Å². The minimum Gasteiger partial charge on any atom is -0.314 e. The van der Waals surface area contributed by atoms with Gasteiger partial charge in [-0.3, -0.25) is 0 Å². The molecule has 0 aromatic heterocycles. The summed E-state index contributed by atoms with van der Waals surface area (Å²) in [4.78, 5) is 0. The number of nitrogens with one attached hydrogen (secondary N) is 1. The second kappa shape index (κ2) is 1.67. The Kier molecular flexibility index (Phi) is 1.30. The maximum Gasteiger partial charge on any atom is 0.0377 e. The Morgan fingerprint density at radius 2 is 2.14 bits per heavy atom. The molecule has 42 valence electrons. The molecule has 0 aromatic rings. The highest BCUT2D eigenvalue weighted by atomic mass is 32.2. The van der Waals surface area contributed by atoms with E-state index >= 15 is 0 Å². The molecule has 0 aromatic carbocycles. The second-order valence-electron chi connectivity index (χ2n) is 2.26. The molecule has 1 rings (SSSR count). The van der Waals surface area contributed by atoms with E-state index in [1.54, 1.807) is 0 Å². The van der Waals surface area contributed by atoms with Gasteiger partial charge < -0.3 is 5.32 Å². The predicted molar refractivity (Wildman–Crippen MR) is 34.8 cm³/mol. The van der Waals surface area contributed by atoms with Crippen molar-refractivity contribution in [1.29, 1.82) is 0 Å². The largest absolute Gasteiger partial charge is 0.314 e. The smallest absolute Gasteiger partial charge is 0.0377 e. The summed E-state index contributed by atoms with van der Waals surface area (Å²) < 4.78 is 0.569. The topological polar surface area (TPSA) is 12.0 Å². The molecule has 7 heavy (non-hydrogen) atoms. The van der Waals surface area contributed by atoms with Crippen molar-refractivity contribution in [2.75, 3.05) is 19.3 Å². The second-order valence-corrected chi connectivity index (χ2v) is 3.65. The van der Waals surface area contributed by atoms with Crippen LogP contribution >= 0.6 is 11.8 Å². The van der Waals surface area contributed by atoms with Crippen molar-refractivity contribution in [2.45, 2.75) is 11.7 Å². The van der Waals surface area contributed by atoms with Crippen molar-refractivity contribution in [3.8, 4) is 0 Å². The fourth-order valence-corrected chi connectivity index (χ4v) is 1.11. The van der Waals surface area contributed by atoms with E-state index in [2.05, 4.69) is 18.5 Å². The molecule has 0 unspecified atom stereocenters. The Labute approximate surface area is 48.9 Å². The van der Waals surface area contributed by atoms with Gasteiger partial charge in [0.2, 0.25) is 0 Å². The lowest BCUT2D eigenvalue weighted by atomic mass is 10.1. The van der Waals surface area contributed by atoms with E-state index in [9.17, 15) is 0 Å². The maximum absolute atomic E-state index is 3.23. The number of hydrogen-bond donors (Lipinski definition) is 1. The van der Waals surface area contributed by atoms with Crippen molar-refractivity contribution in [1.82, 2.24) is 5.32 Å². The predicted octanol–water partition coefficient (Wildman–Crippen LogP) is 0.711. The molecule has 0 radical (unpaired) electrons. The Hall–Kier alpha value is 0.310. The zero-order chi connectivity index (χ0) is 5.33. The lowest BCUT2D eigenvalue weighted by Gasteiger charge is -2.37. The van der Waals surface area contributed by atoms with Gasteiger partial charge in [-0.25, -0.2) is 0 Å². The van der Waals surface area contributed by atoms with Gasteiger partial charge in [-0.15, -0.1) is 0 Å². The molecule has 0 bridgehead atoms. The SMILES string of the molecule is CSC1(C)CNC1. The summed E-state index contributed by atoms with van der Waals surface area (Å²) in [5.41, 5.74) is 0. The van der Waals surface area contributed by atoms with Gasteiger partial charge >= 0.3 is 0 Å². The van der Waals surface area contributed by atoms with Crippen LogP contribution in [-0.2, 0) is 0 Å². The first-order valence-electron chi connectivity index (χ1n) is 2.53. The Morgan fingerprint density at radius 3 is 2.14 bits per heavy atom. The highest BCUT2D eigenvalue weighted by molar-refractivity contribution is 8.00. The van der Waals surface area contributed by atoms with Gasteiger partial charge in [0.15, 0.2) is 0 Å². The van der Waals surface area contributed by atoms with E-state index in [1.807, 2.05) is 11.8 Å². The summed E-state index contributed by atoms with van der Waals surface area (Å²) in [7, 11) is 0. The fraction of sp³-hybridized carbons (Fsp3) is 1.00. The molecule has 1 aliphatic rings. The van der Waals surface area contributed by atoms with E-state index < -0.39 is 0 Å². The van der Waals surface area contributed by atoms with Gasteiger partial charge in [0.25, 0.3) is 0 Å². The third kappa shape index (κ3) is 0.916. The van der Waals surface area contributed by atoms with Crippen LogP contribution in [0.15, 0.2) is 0 Å². The summed E-state index contributed by atoms with van der Waals surface area (Å²) in [6.45, 7) is 4.66. The van der Waals surface area contributed by atoms with Crippen molar-refractivity contribution < 1.29 is 0 Å². The molecular weight excluding hydrogens is 106 g/mol. The van der Waals surface area contributed by atoms with Crippen molar-refractivity contribution >= 4 is 11.8 Å². The third-order valence-corrected chi connectivity index (χ3v) is 2.76. The van der Waals surface area contributed by atoms with Gasteiger partial charge in [0.1, 0.15) is 0 Å². The molecule has 1 heterocycles. The van der Waals surface area contributed by atoms with Crippen molar-refractivity contribution in [3.05, 3.63) is 0 Å². The van der Waals surface area contributed by atoms with Gasteiger partial charge in [-0.05, 0) is 13.2 Å². The number of thioether (sulfide) groups is 1. The van der Waals surface area contributed by atoms with Crippen LogP contribution in [0.1, 0.15) is 6.92 Å². The van der Waals surface area contributed by atoms with Crippen molar-refractivity contribution in [3.63, 3.8) is 0 Å². The average molecular weight is 117 g/mol. The zero-order valence-corrected chi connectivity index (χ0v) is 5.64. The molecule has 0 spiro atoms. The Morgan fingerprint density at radius 1 is 1.57 bits per heavy atom. The molecule has 0 amide bonds. The standard InChI is InChI=1S/C5H11NS/c1-5(7-2)3-6-4-5/h6H,3-4H2,1-2H3. The van der Waals surface area contributed by atoms with Crippen LogP contribution in [0.3, 0.4) is 0 Å². The fourth-order valence-electron chi connectivity index (χ4n) is 0.621. The molecule has 2 heteroatoms. The molecular formula is C5H11NS. The molecule has 0 atom stereocenters. The molecule has 1 nitrogen and oxygen atoms in total. The lowest BCUT2D eigenvalue weighted by Crippen LogP contribution is -2.54. The average Bonchev–Trinajstić information content (AvgIpc) is 1.61. The minimum atomic E-state index is 0.569. The van der Waals surface area contributed by atoms with E-state index in [0.29, 0.717) is 4.75 Å². The summed E-state index contributed by atoms with van der Waals surface area (Å²) >= 11 is 1.95. The first-order chi connectivity index (χ1) is 3.27. The van der Waals surface area contributed by atoms with Gasteiger partial charge in [0.05, 0.1) is 0 Å². The monoisotopic (exact) mass is 117 g/mol. The molecule has 1 fully saturated rings. The van der Waals surface area contributed by atoms with E-state index in [-0.39, 0.29) is 0 Å². The number of rotatable bonds is 1. The Balaban J connectivity index is 2.29. The highest BCUT2D eigenvalue weighted by Crippen LogP contribution is 2.25. The molecule has 0 saturated carbocycles. The van der Waals surface area contributed by atoms with Crippen LogP contribution in [0, 0.1) is 0 Å². The normalized spacial score (nSPS) is 26.6. The lowest BCUT2D eigenvalue weighted by molar-refractivity contribution is 0.423. The van der Waals surface area contributed by atoms with Crippen molar-refractivity contribution in [2.24, 2.45) is 0 Å². The van der Waals surface area contributed by atoms with Crippen LogP contribution < -0.4 is 5.32 Å². The first-order valence-corrected chi connectivity index (χ1v) is 3.75. The summed E-state index contributed by atoms with van der Waals surface area (Å²) in [5, 5.41) is 3.23. The summed E-state index contributed by atoms with van der Waals surface area (Å²) in [6.07, 6.45) is 2.17. The third-order valence-electron chi connectivity index (χ3n) is 1.49. The minimum absolute atomic E-state index is 0.569. The van der Waals surface area contributed by atoms with Gasteiger partial charge in [-0.1, -0.05) is 0 Å². The summed E-state index contributed by atoms with van der Waals surface area (Å²) in [5.74, 6) is 0. The highest BCUT2D eigenvalue weighted by Gasteiger charge is 2.29. The zero-order valence-electron chi connectivity index (χ0n) is 4.82. The van der Waals surface area contributed by atoms with E-state index in [1.165, 1.54) is 13.1 Å². The van der Waals surface area contributed by atoms with E-state index in [4.69, 9.17) is 0 Å². The molecule has 0 aliphatic carbocycles. The number of hydrogen-bond acceptors (Lipinski definition) is 2. The van der Waals surface area contributed by atoms with Crippen LogP contribution in [0.2, 0.25) is 0 Å². The van der Waals surface area contributed by atoms with Crippen LogP contribution in [0.4, 0.5) is 0 Å². The summed E-state index contributed by atoms with van der Waals surface area (Å²) in [6, 6.07) is 0. The van der Waals surface area contributed by atoms with Gasteiger partial charge in [-0.2, -0.15) is 11.8 Å². The molecule has 1 aliphatic heterocycles.